The smallest absolute Gasteiger partial charge is 0.359 e. The van der Waals surface area contributed by atoms with Crippen molar-refractivity contribution in [2.45, 2.75) is 64.6 Å². The Hall–Kier alpha value is -2.09. The van der Waals surface area contributed by atoms with Gasteiger partial charge in [-0.3, -0.25) is 0 Å². The Morgan fingerprint density at radius 3 is 2.11 bits per heavy atom. The summed E-state index contributed by atoms with van der Waals surface area (Å²) in [5, 5.41) is 19.9. The van der Waals surface area contributed by atoms with Gasteiger partial charge in [-0.05, 0) is 65.0 Å². The number of benzene rings is 2. The number of hydroxylamine groups is 2. The van der Waals surface area contributed by atoms with E-state index in [1.165, 1.54) is 0 Å². The van der Waals surface area contributed by atoms with Gasteiger partial charge in [0.1, 0.15) is 6.10 Å². The van der Waals surface area contributed by atoms with Gasteiger partial charge in [-0.1, -0.05) is 46.9 Å². The minimum absolute atomic E-state index is 0.182. The molecule has 1 saturated heterocycles. The quantitative estimate of drug-likeness (QED) is 0.328. The average molecular weight is 536 g/mol. The van der Waals surface area contributed by atoms with Crippen molar-refractivity contribution >= 4 is 40.8 Å². The molecule has 0 bridgehead atoms. The summed E-state index contributed by atoms with van der Waals surface area (Å²) in [5.74, 6) is -0.544. The first-order valence-electron chi connectivity index (χ1n) is 11.3. The summed E-state index contributed by atoms with van der Waals surface area (Å²) >= 11 is 18.7. The number of nitrogens with zero attached hydrogens (tertiary/aromatic N) is 3. The molecule has 0 unspecified atom stereocenters. The van der Waals surface area contributed by atoms with Crippen LogP contribution in [0.15, 0.2) is 42.5 Å². The molecule has 9 heteroatoms. The second-order valence-corrected chi connectivity index (χ2v) is 11.5. The van der Waals surface area contributed by atoms with Crippen molar-refractivity contribution < 1.29 is 14.7 Å². The lowest BCUT2D eigenvalue weighted by Gasteiger charge is -2.49. The van der Waals surface area contributed by atoms with Gasteiger partial charge in [0, 0.05) is 45.1 Å². The number of rotatable bonds is 4. The third-order valence-corrected chi connectivity index (χ3v) is 7.19. The minimum atomic E-state index is -0.660. The van der Waals surface area contributed by atoms with Gasteiger partial charge >= 0.3 is 5.97 Å². The van der Waals surface area contributed by atoms with Gasteiger partial charge < -0.3 is 4.74 Å². The topological polar surface area (TPSA) is 67.3 Å². The zero-order valence-corrected chi connectivity index (χ0v) is 22.5. The number of aromatic nitrogens is 2. The monoisotopic (exact) mass is 534 g/mol. The van der Waals surface area contributed by atoms with E-state index in [0.717, 1.165) is 10.6 Å². The number of esters is 1. The van der Waals surface area contributed by atoms with E-state index in [4.69, 9.17) is 39.5 Å². The number of ether oxygens (including phenoxy) is 1. The summed E-state index contributed by atoms with van der Waals surface area (Å²) < 4.78 is 7.56. The summed E-state index contributed by atoms with van der Waals surface area (Å²) in [6, 6.07) is 12.4. The summed E-state index contributed by atoms with van der Waals surface area (Å²) in [6.07, 6.45) is 0.442. The number of hydrogen-bond acceptors (Lipinski definition) is 4. The summed E-state index contributed by atoms with van der Waals surface area (Å²) in [5.41, 5.74) is 1.58. The summed E-state index contributed by atoms with van der Waals surface area (Å²) in [6.45, 7) is 9.28. The Balaban J connectivity index is 1.76. The van der Waals surface area contributed by atoms with Gasteiger partial charge in [-0.15, -0.1) is 10.3 Å². The molecule has 2 aromatic carbocycles. The van der Waals surface area contributed by atoms with Crippen molar-refractivity contribution in [3.8, 4) is 16.9 Å². The van der Waals surface area contributed by atoms with Gasteiger partial charge in [0.25, 0.3) is 0 Å². The first-order chi connectivity index (χ1) is 16.3. The maximum absolute atomic E-state index is 13.4. The maximum Gasteiger partial charge on any atom is 0.359 e. The third-order valence-electron chi connectivity index (χ3n) is 6.40. The fraction of sp³-hybridized carbons (Fsp3) is 0.385. The van der Waals surface area contributed by atoms with Gasteiger partial charge in [0.2, 0.25) is 0 Å². The number of piperidine rings is 1. The first kappa shape index (κ1) is 26.0. The molecule has 0 spiro atoms. The van der Waals surface area contributed by atoms with E-state index in [9.17, 15) is 10.0 Å². The third kappa shape index (κ3) is 5.09. The van der Waals surface area contributed by atoms with Crippen molar-refractivity contribution in [3.05, 3.63) is 68.8 Å². The van der Waals surface area contributed by atoms with Crippen LogP contribution in [0.25, 0.3) is 16.9 Å². The maximum atomic E-state index is 13.4. The van der Waals surface area contributed by atoms with Gasteiger partial charge in [0.15, 0.2) is 5.69 Å². The highest BCUT2D eigenvalue weighted by atomic mass is 35.5. The molecule has 0 saturated carbocycles. The lowest BCUT2D eigenvalue weighted by atomic mass is 9.80. The number of carbonyl (C=O) groups excluding carboxylic acids is 1. The molecule has 1 aliphatic heterocycles. The van der Waals surface area contributed by atoms with Crippen LogP contribution in [0.1, 0.15) is 56.6 Å². The number of hydrogen-bond donors (Lipinski definition) is 0. The molecule has 3 aromatic rings. The van der Waals surface area contributed by atoms with E-state index in [1.807, 2.05) is 46.8 Å². The molecule has 1 fully saturated rings. The predicted octanol–water partition coefficient (Wildman–Crippen LogP) is 7.33. The molecule has 35 heavy (non-hydrogen) atoms. The molecule has 1 aromatic heterocycles. The SMILES string of the molecule is Cc1c(C(=O)OC2CC(C)(C)N([O])C(C)(C)C2)nn(-c2ccc(Cl)cc2Cl)c1-c1ccc(Cl)cc1. The predicted molar refractivity (Wildman–Crippen MR) is 138 cm³/mol. The zero-order valence-electron chi connectivity index (χ0n) is 20.2. The van der Waals surface area contributed by atoms with Crippen molar-refractivity contribution in [1.82, 2.24) is 14.8 Å². The lowest BCUT2D eigenvalue weighted by Crippen LogP contribution is -2.60. The second kappa shape index (κ2) is 9.41. The van der Waals surface area contributed by atoms with Gasteiger partial charge in [-0.25, -0.2) is 9.48 Å². The highest BCUT2D eigenvalue weighted by Crippen LogP contribution is 2.39. The average Bonchev–Trinajstić information content (AvgIpc) is 3.09. The van der Waals surface area contributed by atoms with Crippen LogP contribution in [0.2, 0.25) is 15.1 Å². The van der Waals surface area contributed by atoms with Crippen molar-refractivity contribution in [1.29, 1.82) is 0 Å². The molecule has 185 valence electrons. The van der Waals surface area contributed by atoms with E-state index in [-0.39, 0.29) is 5.69 Å². The molecule has 2 heterocycles. The fourth-order valence-electron chi connectivity index (χ4n) is 4.93. The van der Waals surface area contributed by atoms with Gasteiger partial charge in [0.05, 0.1) is 16.4 Å². The molecule has 1 radical (unpaired) electrons. The molecule has 0 aliphatic carbocycles. The van der Waals surface area contributed by atoms with Crippen molar-refractivity contribution in [2.24, 2.45) is 0 Å². The molecule has 0 N–H and O–H groups in total. The van der Waals surface area contributed by atoms with E-state index in [2.05, 4.69) is 5.10 Å². The van der Waals surface area contributed by atoms with E-state index < -0.39 is 23.2 Å². The highest BCUT2D eigenvalue weighted by molar-refractivity contribution is 6.35. The fourth-order valence-corrected chi connectivity index (χ4v) is 5.54. The summed E-state index contributed by atoms with van der Waals surface area (Å²) in [7, 11) is 0. The lowest BCUT2D eigenvalue weighted by molar-refractivity contribution is -0.298. The van der Waals surface area contributed by atoms with Crippen LogP contribution in [0.5, 0.6) is 0 Å². The largest absolute Gasteiger partial charge is 0.457 e. The number of halogens is 3. The van der Waals surface area contributed by atoms with Crippen LogP contribution in [-0.2, 0) is 9.94 Å². The molecule has 4 rings (SSSR count). The molecule has 1 aliphatic rings. The van der Waals surface area contributed by atoms with E-state index in [0.29, 0.717) is 44.9 Å². The first-order valence-corrected chi connectivity index (χ1v) is 12.4. The minimum Gasteiger partial charge on any atom is -0.457 e. The molecular formula is C26H27Cl3N3O3. The standard InChI is InChI=1S/C26H27Cl3N3O3/c1-15-22(24(33)35-19-13-25(2,3)32(34)26(4,5)14-19)30-31(21-11-10-18(28)12-20(21)29)23(15)16-6-8-17(27)9-7-16/h6-12,19H,13-14H2,1-5H3. The molecule has 0 amide bonds. The molecule has 6 nitrogen and oxygen atoms in total. The van der Waals surface area contributed by atoms with E-state index >= 15 is 0 Å². The Morgan fingerprint density at radius 2 is 1.54 bits per heavy atom. The van der Waals surface area contributed by atoms with Crippen LogP contribution in [0.3, 0.4) is 0 Å². The van der Waals surface area contributed by atoms with E-state index in [1.54, 1.807) is 35.0 Å². The van der Waals surface area contributed by atoms with Crippen LogP contribution in [-0.4, -0.2) is 38.0 Å². The van der Waals surface area contributed by atoms with Gasteiger partial charge in [-0.2, -0.15) is 5.10 Å². The van der Waals surface area contributed by atoms with Crippen LogP contribution < -0.4 is 0 Å². The zero-order chi connectivity index (χ0) is 25.7. The second-order valence-electron chi connectivity index (χ2n) is 10.2. The normalized spacial score (nSPS) is 18.0. The van der Waals surface area contributed by atoms with Crippen LogP contribution in [0, 0.1) is 6.92 Å². The van der Waals surface area contributed by atoms with Crippen molar-refractivity contribution in [3.63, 3.8) is 0 Å². The Morgan fingerprint density at radius 1 is 0.971 bits per heavy atom. The van der Waals surface area contributed by atoms with Crippen LogP contribution in [0.4, 0.5) is 0 Å². The summed E-state index contributed by atoms with van der Waals surface area (Å²) in [4.78, 5) is 13.4. The Bertz CT molecular complexity index is 1250. The van der Waals surface area contributed by atoms with Crippen molar-refractivity contribution in [2.75, 3.05) is 0 Å². The Kier molecular flexibility index (Phi) is 6.99. The molecular weight excluding hydrogens is 509 g/mol. The highest BCUT2D eigenvalue weighted by Gasteiger charge is 2.47. The Labute approximate surface area is 220 Å². The van der Waals surface area contributed by atoms with Crippen LogP contribution >= 0.6 is 34.8 Å². The number of carbonyl (C=O) groups is 1. The molecule has 0 atom stereocenters.